The van der Waals surface area contributed by atoms with E-state index in [9.17, 15) is 0 Å². The Morgan fingerprint density at radius 2 is 2.25 bits per heavy atom. The molecular weight excluding hydrogens is 213 g/mol. The fourth-order valence-electron chi connectivity index (χ4n) is 1.21. The maximum Gasteiger partial charge on any atom is 0.0561 e. The third kappa shape index (κ3) is 1.94. The first-order valence-electron chi connectivity index (χ1n) is 3.77. The minimum atomic E-state index is 0. The van der Waals surface area contributed by atoms with Crippen LogP contribution in [-0.4, -0.2) is 0 Å². The van der Waals surface area contributed by atoms with Gasteiger partial charge in [0.1, 0.15) is 0 Å². The van der Waals surface area contributed by atoms with E-state index >= 15 is 0 Å². The van der Waals surface area contributed by atoms with Gasteiger partial charge in [-0.1, -0.05) is 11.6 Å². The van der Waals surface area contributed by atoms with E-state index in [0.717, 1.165) is 9.90 Å². The summed E-state index contributed by atoms with van der Waals surface area (Å²) in [5, 5.41) is 2.84. The van der Waals surface area contributed by atoms with E-state index in [2.05, 4.69) is 0 Å². The molecule has 1 fully saturated rings. The molecule has 1 aliphatic rings. The summed E-state index contributed by atoms with van der Waals surface area (Å²) in [5.41, 5.74) is 5.97. The molecule has 0 saturated heterocycles. The van der Waals surface area contributed by atoms with Crippen LogP contribution in [0.1, 0.15) is 23.8 Å². The highest BCUT2D eigenvalue weighted by molar-refractivity contribution is 7.10. The predicted octanol–water partition coefficient (Wildman–Crippen LogP) is 3.23. The van der Waals surface area contributed by atoms with Crippen molar-refractivity contribution in [1.82, 2.24) is 0 Å². The van der Waals surface area contributed by atoms with Gasteiger partial charge in [-0.25, -0.2) is 0 Å². The van der Waals surface area contributed by atoms with E-state index in [0.29, 0.717) is 5.92 Å². The maximum atomic E-state index is 5.97. The fraction of sp³-hybridized carbons (Fsp3) is 0.500. The van der Waals surface area contributed by atoms with Gasteiger partial charge in [-0.15, -0.1) is 23.7 Å². The van der Waals surface area contributed by atoms with E-state index in [-0.39, 0.29) is 18.4 Å². The van der Waals surface area contributed by atoms with Crippen molar-refractivity contribution < 1.29 is 0 Å². The van der Waals surface area contributed by atoms with Gasteiger partial charge in [-0.05, 0) is 30.2 Å². The van der Waals surface area contributed by atoms with Crippen LogP contribution in [0.25, 0.3) is 0 Å². The van der Waals surface area contributed by atoms with E-state index in [1.165, 1.54) is 12.8 Å². The monoisotopic (exact) mass is 223 g/mol. The van der Waals surface area contributed by atoms with Crippen molar-refractivity contribution in [3.63, 3.8) is 0 Å². The maximum absolute atomic E-state index is 5.97. The van der Waals surface area contributed by atoms with Gasteiger partial charge in [0, 0.05) is 10.9 Å². The fourth-order valence-corrected chi connectivity index (χ4v) is 2.49. The standard InChI is InChI=1S/C8H10ClNS.ClH/c9-6-3-4-11-8(6)7(10)5-1-2-5;/h3-5,7H,1-2,10H2;1H. The molecule has 1 heterocycles. The molecule has 1 aromatic rings. The SMILES string of the molecule is Cl.NC(c1sccc1Cl)C1CC1. The smallest absolute Gasteiger partial charge is 0.0561 e. The lowest BCUT2D eigenvalue weighted by atomic mass is 10.2. The third-order valence-electron chi connectivity index (χ3n) is 2.08. The molecule has 0 amide bonds. The zero-order valence-corrected chi connectivity index (χ0v) is 8.88. The summed E-state index contributed by atoms with van der Waals surface area (Å²) in [4.78, 5) is 1.16. The molecule has 0 spiro atoms. The lowest BCUT2D eigenvalue weighted by Gasteiger charge is -2.07. The van der Waals surface area contributed by atoms with Crippen molar-refractivity contribution in [2.45, 2.75) is 18.9 Å². The van der Waals surface area contributed by atoms with Gasteiger partial charge in [-0.3, -0.25) is 0 Å². The second-order valence-electron chi connectivity index (χ2n) is 3.00. The number of rotatable bonds is 2. The van der Waals surface area contributed by atoms with Crippen LogP contribution >= 0.6 is 35.3 Å². The molecular formula is C8H11Cl2NS. The van der Waals surface area contributed by atoms with E-state index in [4.69, 9.17) is 17.3 Å². The molecule has 1 saturated carbocycles. The summed E-state index contributed by atoms with van der Waals surface area (Å²) in [5.74, 6) is 0.700. The van der Waals surface area contributed by atoms with Gasteiger partial charge in [0.15, 0.2) is 0 Å². The zero-order valence-electron chi connectivity index (χ0n) is 6.50. The van der Waals surface area contributed by atoms with Gasteiger partial charge in [0.25, 0.3) is 0 Å². The molecule has 4 heteroatoms. The average Bonchev–Trinajstić information content (AvgIpc) is 2.74. The minimum absolute atomic E-state index is 0. The van der Waals surface area contributed by atoms with E-state index in [1.54, 1.807) is 11.3 Å². The Hall–Kier alpha value is 0.240. The van der Waals surface area contributed by atoms with E-state index in [1.807, 2.05) is 11.4 Å². The largest absolute Gasteiger partial charge is 0.323 e. The second kappa shape index (κ2) is 3.97. The first-order valence-corrected chi connectivity index (χ1v) is 5.03. The molecule has 1 atom stereocenters. The lowest BCUT2D eigenvalue weighted by Crippen LogP contribution is -2.10. The van der Waals surface area contributed by atoms with Crippen molar-refractivity contribution in [3.8, 4) is 0 Å². The highest BCUT2D eigenvalue weighted by Gasteiger charge is 2.31. The van der Waals surface area contributed by atoms with Gasteiger partial charge in [-0.2, -0.15) is 0 Å². The minimum Gasteiger partial charge on any atom is -0.323 e. The Labute approximate surface area is 87.3 Å². The van der Waals surface area contributed by atoms with Gasteiger partial charge in [0.2, 0.25) is 0 Å². The van der Waals surface area contributed by atoms with Crippen LogP contribution in [0.4, 0.5) is 0 Å². The van der Waals surface area contributed by atoms with Crippen LogP contribution in [0, 0.1) is 5.92 Å². The average molecular weight is 224 g/mol. The molecule has 2 N–H and O–H groups in total. The first-order chi connectivity index (χ1) is 5.29. The molecule has 1 aromatic heterocycles. The second-order valence-corrected chi connectivity index (χ2v) is 4.35. The predicted molar refractivity (Wildman–Crippen MR) is 56.2 cm³/mol. The molecule has 68 valence electrons. The van der Waals surface area contributed by atoms with Crippen LogP contribution < -0.4 is 5.73 Å². The molecule has 1 aliphatic carbocycles. The molecule has 2 rings (SSSR count). The number of hydrogen-bond donors (Lipinski definition) is 1. The van der Waals surface area contributed by atoms with Crippen molar-refractivity contribution >= 4 is 35.3 Å². The van der Waals surface area contributed by atoms with Crippen LogP contribution in [-0.2, 0) is 0 Å². The van der Waals surface area contributed by atoms with Crippen molar-refractivity contribution in [2.24, 2.45) is 11.7 Å². The molecule has 1 nitrogen and oxygen atoms in total. The van der Waals surface area contributed by atoms with Gasteiger partial charge >= 0.3 is 0 Å². The highest BCUT2D eigenvalue weighted by Crippen LogP contribution is 2.43. The van der Waals surface area contributed by atoms with Crippen LogP contribution in [0.2, 0.25) is 5.02 Å². The van der Waals surface area contributed by atoms with E-state index < -0.39 is 0 Å². The molecule has 0 aromatic carbocycles. The number of nitrogens with two attached hydrogens (primary N) is 1. The lowest BCUT2D eigenvalue weighted by molar-refractivity contribution is 0.645. The summed E-state index contributed by atoms with van der Waals surface area (Å²) in [6.07, 6.45) is 2.55. The summed E-state index contributed by atoms with van der Waals surface area (Å²) in [6, 6.07) is 2.12. The molecule has 0 radical (unpaired) electrons. The third-order valence-corrected chi connectivity index (χ3v) is 3.54. The summed E-state index contributed by atoms with van der Waals surface area (Å²) >= 11 is 7.61. The normalized spacial score (nSPS) is 18.5. The van der Waals surface area contributed by atoms with Crippen molar-refractivity contribution in [2.75, 3.05) is 0 Å². The molecule has 0 bridgehead atoms. The van der Waals surface area contributed by atoms with Crippen molar-refractivity contribution in [1.29, 1.82) is 0 Å². The zero-order chi connectivity index (χ0) is 7.84. The molecule has 0 aliphatic heterocycles. The summed E-state index contributed by atoms with van der Waals surface area (Å²) in [6.45, 7) is 0. The Morgan fingerprint density at radius 1 is 1.58 bits per heavy atom. The quantitative estimate of drug-likeness (QED) is 0.819. The van der Waals surface area contributed by atoms with Crippen LogP contribution in [0.3, 0.4) is 0 Å². The number of hydrogen-bond acceptors (Lipinski definition) is 2. The Bertz CT molecular complexity index is 257. The Balaban J connectivity index is 0.000000720. The summed E-state index contributed by atoms with van der Waals surface area (Å²) in [7, 11) is 0. The summed E-state index contributed by atoms with van der Waals surface area (Å²) < 4.78 is 0. The van der Waals surface area contributed by atoms with Crippen LogP contribution in [0.15, 0.2) is 11.4 Å². The number of halogens is 2. The Morgan fingerprint density at radius 3 is 2.67 bits per heavy atom. The molecule has 1 unspecified atom stereocenters. The van der Waals surface area contributed by atoms with Crippen LogP contribution in [0.5, 0.6) is 0 Å². The molecule has 12 heavy (non-hydrogen) atoms. The topological polar surface area (TPSA) is 26.0 Å². The van der Waals surface area contributed by atoms with Crippen molar-refractivity contribution in [3.05, 3.63) is 21.3 Å². The number of thiophene rings is 1. The highest BCUT2D eigenvalue weighted by atomic mass is 35.5. The van der Waals surface area contributed by atoms with Gasteiger partial charge < -0.3 is 5.73 Å². The van der Waals surface area contributed by atoms with Gasteiger partial charge in [0.05, 0.1) is 5.02 Å². The first kappa shape index (κ1) is 10.3. The Kier molecular flexibility index (Phi) is 3.41.